The molecule has 0 aliphatic carbocycles. The normalized spacial score (nSPS) is 10.7. The average Bonchev–Trinajstić information content (AvgIpc) is 2.86. The minimum absolute atomic E-state index is 0.0972. The lowest BCUT2D eigenvalue weighted by atomic mass is 10.2. The summed E-state index contributed by atoms with van der Waals surface area (Å²) in [7, 11) is 0. The van der Waals surface area contributed by atoms with Gasteiger partial charge in [0.1, 0.15) is 5.82 Å². The number of halogens is 1. The number of carbonyl (C=O) groups excluding carboxylic acids is 1. The highest BCUT2D eigenvalue weighted by molar-refractivity contribution is 5.89. The van der Waals surface area contributed by atoms with Gasteiger partial charge in [0.15, 0.2) is 0 Å². The fraction of sp³-hybridized carbons (Fsp3) is 0.308. The van der Waals surface area contributed by atoms with E-state index in [-0.39, 0.29) is 17.6 Å². The third-order valence-corrected chi connectivity index (χ3v) is 2.38. The van der Waals surface area contributed by atoms with Crippen molar-refractivity contribution in [2.24, 2.45) is 5.92 Å². The quantitative estimate of drug-likeness (QED) is 0.918. The van der Waals surface area contributed by atoms with Crippen LogP contribution in [0, 0.1) is 11.7 Å². The van der Waals surface area contributed by atoms with Gasteiger partial charge in [0.2, 0.25) is 5.89 Å². The maximum atomic E-state index is 12.8. The maximum Gasteiger partial charge on any atom is 0.308 e. The van der Waals surface area contributed by atoms with Gasteiger partial charge in [0, 0.05) is 12.1 Å². The van der Waals surface area contributed by atoms with Gasteiger partial charge in [-0.2, -0.15) is 0 Å². The van der Waals surface area contributed by atoms with Crippen molar-refractivity contribution >= 4 is 5.91 Å². The Labute approximate surface area is 109 Å². The summed E-state index contributed by atoms with van der Waals surface area (Å²) in [5, 5.41) is 10.1. The van der Waals surface area contributed by atoms with Crippen LogP contribution in [0.15, 0.2) is 28.7 Å². The average molecular weight is 263 g/mol. The fourth-order valence-electron chi connectivity index (χ4n) is 1.40. The standard InChI is InChI=1S/C13H14FN3O2/c1-8(2)7-15-11(18)13-17-16-12(19-13)9-3-5-10(14)6-4-9/h3-6,8H,7H2,1-2H3,(H,15,18). The van der Waals surface area contributed by atoms with Gasteiger partial charge in [-0.15, -0.1) is 10.2 Å². The summed E-state index contributed by atoms with van der Waals surface area (Å²) in [6.45, 7) is 4.50. The number of hydrogen-bond acceptors (Lipinski definition) is 4. The van der Waals surface area contributed by atoms with Gasteiger partial charge in [-0.3, -0.25) is 4.79 Å². The van der Waals surface area contributed by atoms with Gasteiger partial charge in [-0.1, -0.05) is 13.8 Å². The maximum absolute atomic E-state index is 12.8. The van der Waals surface area contributed by atoms with Gasteiger partial charge >= 0.3 is 11.8 Å². The third kappa shape index (κ3) is 3.37. The molecule has 0 spiro atoms. The SMILES string of the molecule is CC(C)CNC(=O)c1nnc(-c2ccc(F)cc2)o1. The van der Waals surface area contributed by atoms with E-state index in [4.69, 9.17) is 4.42 Å². The number of hydrogen-bond donors (Lipinski definition) is 1. The predicted molar refractivity (Wildman–Crippen MR) is 66.9 cm³/mol. The van der Waals surface area contributed by atoms with Crippen molar-refractivity contribution in [3.63, 3.8) is 0 Å². The van der Waals surface area contributed by atoms with Gasteiger partial charge < -0.3 is 9.73 Å². The molecule has 1 heterocycles. The van der Waals surface area contributed by atoms with Crippen molar-refractivity contribution < 1.29 is 13.6 Å². The molecule has 1 amide bonds. The molecule has 5 nitrogen and oxygen atoms in total. The van der Waals surface area contributed by atoms with E-state index in [0.29, 0.717) is 18.0 Å². The van der Waals surface area contributed by atoms with Crippen molar-refractivity contribution in [3.05, 3.63) is 36.0 Å². The molecular formula is C13H14FN3O2. The highest BCUT2D eigenvalue weighted by Gasteiger charge is 2.15. The van der Waals surface area contributed by atoms with Crippen LogP contribution in [-0.4, -0.2) is 22.6 Å². The molecule has 0 atom stereocenters. The number of amides is 1. The lowest BCUT2D eigenvalue weighted by molar-refractivity contribution is 0.0915. The van der Waals surface area contributed by atoms with Crippen molar-refractivity contribution in [1.82, 2.24) is 15.5 Å². The fourth-order valence-corrected chi connectivity index (χ4v) is 1.40. The Morgan fingerprint density at radius 2 is 2.00 bits per heavy atom. The second-order valence-electron chi connectivity index (χ2n) is 4.52. The van der Waals surface area contributed by atoms with E-state index in [0.717, 1.165) is 0 Å². The molecule has 0 fully saturated rings. The largest absolute Gasteiger partial charge is 0.412 e. The molecule has 0 saturated carbocycles. The molecule has 1 N–H and O–H groups in total. The summed E-state index contributed by atoms with van der Waals surface area (Å²) in [6, 6.07) is 5.60. The number of benzene rings is 1. The molecule has 0 radical (unpaired) electrons. The van der Waals surface area contributed by atoms with E-state index < -0.39 is 5.91 Å². The topological polar surface area (TPSA) is 68.0 Å². The van der Waals surface area contributed by atoms with E-state index in [1.807, 2.05) is 13.8 Å². The smallest absolute Gasteiger partial charge is 0.308 e. The summed E-state index contributed by atoms with van der Waals surface area (Å²) in [5.74, 6) is -0.328. The zero-order valence-electron chi connectivity index (χ0n) is 10.7. The van der Waals surface area contributed by atoms with Gasteiger partial charge in [-0.25, -0.2) is 4.39 Å². The Bertz CT molecular complexity index is 564. The van der Waals surface area contributed by atoms with Crippen LogP contribution in [0.4, 0.5) is 4.39 Å². The Kier molecular flexibility index (Phi) is 3.89. The number of aromatic nitrogens is 2. The highest BCUT2D eigenvalue weighted by atomic mass is 19.1. The van der Waals surface area contributed by atoms with Gasteiger partial charge in [0.05, 0.1) is 0 Å². The molecular weight excluding hydrogens is 249 g/mol. The Balaban J connectivity index is 2.10. The summed E-state index contributed by atoms with van der Waals surface area (Å²) >= 11 is 0. The molecule has 6 heteroatoms. The molecule has 2 rings (SSSR count). The summed E-state index contributed by atoms with van der Waals surface area (Å²) in [6.07, 6.45) is 0. The van der Waals surface area contributed by atoms with Crippen molar-refractivity contribution in [2.45, 2.75) is 13.8 Å². The molecule has 0 aliphatic heterocycles. The van der Waals surface area contributed by atoms with E-state index >= 15 is 0 Å². The van der Waals surface area contributed by atoms with Crippen LogP contribution in [0.1, 0.15) is 24.5 Å². The molecule has 0 aliphatic rings. The molecule has 1 aromatic carbocycles. The van der Waals surface area contributed by atoms with Crippen LogP contribution in [-0.2, 0) is 0 Å². The minimum Gasteiger partial charge on any atom is -0.412 e. The first-order valence-electron chi connectivity index (χ1n) is 5.94. The van der Waals surface area contributed by atoms with Crippen LogP contribution in [0.3, 0.4) is 0 Å². The predicted octanol–water partition coefficient (Wildman–Crippen LogP) is 2.26. The first kappa shape index (κ1) is 13.2. The van der Waals surface area contributed by atoms with E-state index in [2.05, 4.69) is 15.5 Å². The van der Waals surface area contributed by atoms with Crippen LogP contribution in [0.5, 0.6) is 0 Å². The van der Waals surface area contributed by atoms with Gasteiger partial charge in [-0.05, 0) is 30.2 Å². The molecule has 19 heavy (non-hydrogen) atoms. The molecule has 0 saturated heterocycles. The van der Waals surface area contributed by atoms with Crippen LogP contribution in [0.25, 0.3) is 11.5 Å². The lowest BCUT2D eigenvalue weighted by Gasteiger charge is -2.04. The highest BCUT2D eigenvalue weighted by Crippen LogP contribution is 2.17. The van der Waals surface area contributed by atoms with Crippen molar-refractivity contribution in [3.8, 4) is 11.5 Å². The second-order valence-corrected chi connectivity index (χ2v) is 4.52. The monoisotopic (exact) mass is 263 g/mol. The van der Waals surface area contributed by atoms with E-state index in [1.165, 1.54) is 24.3 Å². The van der Waals surface area contributed by atoms with Gasteiger partial charge in [0.25, 0.3) is 0 Å². The van der Waals surface area contributed by atoms with E-state index in [1.54, 1.807) is 0 Å². The zero-order valence-corrected chi connectivity index (χ0v) is 10.7. The van der Waals surface area contributed by atoms with Crippen LogP contribution >= 0.6 is 0 Å². The molecule has 2 aromatic rings. The van der Waals surface area contributed by atoms with E-state index in [9.17, 15) is 9.18 Å². The minimum atomic E-state index is -0.408. The molecule has 1 aromatic heterocycles. The second kappa shape index (κ2) is 5.60. The Morgan fingerprint density at radius 1 is 1.32 bits per heavy atom. The Morgan fingerprint density at radius 3 is 2.63 bits per heavy atom. The summed E-state index contributed by atoms with van der Waals surface area (Å²) in [4.78, 5) is 11.7. The number of rotatable bonds is 4. The number of nitrogens with zero attached hydrogens (tertiary/aromatic N) is 2. The first-order chi connectivity index (χ1) is 9.06. The Hall–Kier alpha value is -2.24. The summed E-state index contributed by atoms with van der Waals surface area (Å²) < 4.78 is 18.0. The lowest BCUT2D eigenvalue weighted by Crippen LogP contribution is -2.27. The third-order valence-electron chi connectivity index (χ3n) is 2.38. The zero-order chi connectivity index (χ0) is 13.8. The van der Waals surface area contributed by atoms with Crippen molar-refractivity contribution in [1.29, 1.82) is 0 Å². The molecule has 0 unspecified atom stereocenters. The van der Waals surface area contributed by atoms with Crippen molar-refractivity contribution in [2.75, 3.05) is 6.54 Å². The molecule has 100 valence electrons. The van der Waals surface area contributed by atoms with Crippen LogP contribution in [0.2, 0.25) is 0 Å². The number of carbonyl (C=O) groups is 1. The summed E-state index contributed by atoms with van der Waals surface area (Å²) in [5.41, 5.74) is 0.566. The number of nitrogens with one attached hydrogen (secondary N) is 1. The molecule has 0 bridgehead atoms. The first-order valence-corrected chi connectivity index (χ1v) is 5.94. The van der Waals surface area contributed by atoms with Crippen LogP contribution < -0.4 is 5.32 Å².